The van der Waals surface area contributed by atoms with Gasteiger partial charge in [0, 0.05) is 4.88 Å². The van der Waals surface area contributed by atoms with E-state index in [0.29, 0.717) is 6.04 Å². The minimum absolute atomic E-state index is 0.338. The van der Waals surface area contributed by atoms with E-state index in [9.17, 15) is 0 Å². The molecule has 0 fully saturated rings. The Morgan fingerprint density at radius 3 is 2.38 bits per heavy atom. The number of hydrogen-bond donors (Lipinski definition) is 1. The highest BCUT2D eigenvalue weighted by atomic mass is 32.1. The van der Waals surface area contributed by atoms with E-state index in [2.05, 4.69) is 61.8 Å². The zero-order valence-corrected chi connectivity index (χ0v) is 14.3. The molecule has 2 rings (SSSR count). The molecule has 1 heterocycles. The number of aryl methyl sites for hydroxylation is 2. The Labute approximate surface area is 133 Å². The van der Waals surface area contributed by atoms with Gasteiger partial charge in [0.25, 0.3) is 0 Å². The number of unbranched alkanes of at least 4 members (excludes halogenated alkanes) is 1. The van der Waals surface area contributed by atoms with Crippen molar-refractivity contribution in [2.45, 2.75) is 52.5 Å². The summed E-state index contributed by atoms with van der Waals surface area (Å²) in [5.41, 5.74) is 4.23. The van der Waals surface area contributed by atoms with Crippen molar-refractivity contribution in [1.29, 1.82) is 0 Å². The largest absolute Gasteiger partial charge is 0.306 e. The Hall–Kier alpha value is -1.12. The van der Waals surface area contributed by atoms with Gasteiger partial charge < -0.3 is 5.32 Å². The van der Waals surface area contributed by atoms with E-state index >= 15 is 0 Å². The summed E-state index contributed by atoms with van der Waals surface area (Å²) in [7, 11) is 0. The summed E-state index contributed by atoms with van der Waals surface area (Å²) in [6.45, 7) is 7.74. The highest BCUT2D eigenvalue weighted by Gasteiger charge is 2.16. The van der Waals surface area contributed by atoms with Gasteiger partial charge in [0.2, 0.25) is 0 Å². The minimum atomic E-state index is 0.338. The predicted octanol–water partition coefficient (Wildman–Crippen LogP) is 5.49. The molecule has 1 N–H and O–H groups in total. The first-order valence-electron chi connectivity index (χ1n) is 8.12. The molecule has 2 aromatic rings. The lowest BCUT2D eigenvalue weighted by Gasteiger charge is -2.19. The number of hydrogen-bond acceptors (Lipinski definition) is 2. The molecule has 1 aromatic carbocycles. The molecule has 0 amide bonds. The molecule has 114 valence electrons. The summed E-state index contributed by atoms with van der Waals surface area (Å²) in [5.74, 6) is 0. The van der Waals surface area contributed by atoms with Crippen LogP contribution in [0.4, 0.5) is 0 Å². The lowest BCUT2D eigenvalue weighted by atomic mass is 9.99. The Morgan fingerprint density at radius 1 is 1.05 bits per heavy atom. The normalized spacial score (nSPS) is 12.5. The fourth-order valence-corrected chi connectivity index (χ4v) is 3.62. The van der Waals surface area contributed by atoms with Gasteiger partial charge >= 0.3 is 0 Å². The second-order valence-electron chi connectivity index (χ2n) is 5.70. The molecule has 0 aliphatic heterocycles. The third-order valence-corrected chi connectivity index (χ3v) is 4.98. The quantitative estimate of drug-likeness (QED) is 0.680. The first kappa shape index (κ1) is 16.3. The van der Waals surface area contributed by atoms with Crippen molar-refractivity contribution in [3.63, 3.8) is 0 Å². The topological polar surface area (TPSA) is 12.0 Å². The van der Waals surface area contributed by atoms with Crippen molar-refractivity contribution in [2.75, 3.05) is 6.54 Å². The van der Waals surface area contributed by atoms with E-state index in [4.69, 9.17) is 0 Å². The van der Waals surface area contributed by atoms with Gasteiger partial charge in [-0.3, -0.25) is 0 Å². The molecule has 0 spiro atoms. The van der Waals surface area contributed by atoms with E-state index < -0.39 is 0 Å². The van der Waals surface area contributed by atoms with E-state index in [-0.39, 0.29) is 0 Å². The van der Waals surface area contributed by atoms with Crippen molar-refractivity contribution in [2.24, 2.45) is 0 Å². The molecule has 21 heavy (non-hydrogen) atoms. The van der Waals surface area contributed by atoms with Gasteiger partial charge in [0.05, 0.1) is 6.04 Å². The maximum absolute atomic E-state index is 3.70. The molecule has 2 heteroatoms. The fourth-order valence-electron chi connectivity index (χ4n) is 2.59. The average Bonchev–Trinajstić information content (AvgIpc) is 2.93. The van der Waals surface area contributed by atoms with Crippen LogP contribution in [0.25, 0.3) is 0 Å². The van der Waals surface area contributed by atoms with E-state index in [1.54, 1.807) is 0 Å². The number of nitrogens with one attached hydrogen (secondary N) is 1. The molecule has 1 unspecified atom stereocenters. The first-order chi connectivity index (χ1) is 10.3. The van der Waals surface area contributed by atoms with Crippen LogP contribution in [0.3, 0.4) is 0 Å². The Balaban J connectivity index is 2.18. The van der Waals surface area contributed by atoms with E-state index in [1.165, 1.54) is 40.8 Å². The molecule has 0 saturated heterocycles. The molecule has 0 bridgehead atoms. The molecule has 0 aliphatic carbocycles. The van der Waals surface area contributed by atoms with Crippen LogP contribution in [0.1, 0.15) is 60.7 Å². The molecule has 1 aromatic heterocycles. The summed E-state index contributed by atoms with van der Waals surface area (Å²) in [5, 5.41) is 5.90. The second-order valence-corrected chi connectivity index (χ2v) is 6.65. The lowest BCUT2D eigenvalue weighted by molar-refractivity contribution is 0.603. The summed E-state index contributed by atoms with van der Waals surface area (Å²) in [6, 6.07) is 11.8. The highest BCUT2D eigenvalue weighted by Crippen LogP contribution is 2.29. The van der Waals surface area contributed by atoms with E-state index in [1.807, 2.05) is 11.3 Å². The second kappa shape index (κ2) is 8.35. The standard InChI is InChI=1S/C19H27NS/c1-4-6-7-16-8-10-17(11-9-16)18(20-13-5-2)19-15(3)12-14-21-19/h8-12,14,18,20H,4-7,13H2,1-3H3. The van der Waals surface area contributed by atoms with Crippen LogP contribution in [-0.4, -0.2) is 6.54 Å². The summed E-state index contributed by atoms with van der Waals surface area (Å²) in [6.07, 6.45) is 4.90. The molecule has 0 radical (unpaired) electrons. The maximum Gasteiger partial charge on any atom is 0.0673 e. The van der Waals surface area contributed by atoms with Crippen molar-refractivity contribution in [3.05, 3.63) is 57.3 Å². The first-order valence-corrected chi connectivity index (χ1v) is 9.00. The van der Waals surface area contributed by atoms with Gasteiger partial charge in [-0.1, -0.05) is 44.5 Å². The van der Waals surface area contributed by atoms with Crippen LogP contribution in [0.2, 0.25) is 0 Å². The van der Waals surface area contributed by atoms with Gasteiger partial charge in [-0.2, -0.15) is 0 Å². The van der Waals surface area contributed by atoms with Gasteiger partial charge in [0.15, 0.2) is 0 Å². The number of thiophene rings is 1. The van der Waals surface area contributed by atoms with Crippen LogP contribution in [0, 0.1) is 6.92 Å². The Kier molecular flexibility index (Phi) is 6.47. The zero-order valence-electron chi connectivity index (χ0n) is 13.5. The maximum atomic E-state index is 3.70. The van der Waals surface area contributed by atoms with Crippen LogP contribution in [0.5, 0.6) is 0 Å². The average molecular weight is 301 g/mol. The SMILES string of the molecule is CCCCc1ccc(C(NCCC)c2sccc2C)cc1. The highest BCUT2D eigenvalue weighted by molar-refractivity contribution is 7.10. The molecule has 0 saturated carbocycles. The Morgan fingerprint density at radius 2 is 1.81 bits per heavy atom. The zero-order chi connectivity index (χ0) is 15.1. The molecule has 0 aliphatic rings. The lowest BCUT2D eigenvalue weighted by Crippen LogP contribution is -2.23. The van der Waals surface area contributed by atoms with Gasteiger partial charge in [-0.15, -0.1) is 11.3 Å². The number of benzene rings is 1. The van der Waals surface area contributed by atoms with Gasteiger partial charge in [-0.05, 0) is 60.9 Å². The van der Waals surface area contributed by atoms with E-state index in [0.717, 1.165) is 13.0 Å². The molecular formula is C19H27NS. The predicted molar refractivity (Wildman–Crippen MR) is 94.2 cm³/mol. The van der Waals surface area contributed by atoms with Crippen molar-refractivity contribution >= 4 is 11.3 Å². The molecular weight excluding hydrogens is 274 g/mol. The summed E-state index contributed by atoms with van der Waals surface area (Å²) >= 11 is 1.86. The van der Waals surface area contributed by atoms with Crippen LogP contribution in [-0.2, 0) is 6.42 Å². The van der Waals surface area contributed by atoms with Crippen LogP contribution >= 0.6 is 11.3 Å². The third kappa shape index (κ3) is 4.42. The summed E-state index contributed by atoms with van der Waals surface area (Å²) in [4.78, 5) is 1.45. The van der Waals surface area contributed by atoms with Gasteiger partial charge in [0.1, 0.15) is 0 Å². The van der Waals surface area contributed by atoms with Gasteiger partial charge in [-0.25, -0.2) is 0 Å². The number of rotatable bonds is 8. The van der Waals surface area contributed by atoms with Crippen molar-refractivity contribution < 1.29 is 0 Å². The van der Waals surface area contributed by atoms with Crippen molar-refractivity contribution in [3.8, 4) is 0 Å². The van der Waals surface area contributed by atoms with Crippen molar-refractivity contribution in [1.82, 2.24) is 5.32 Å². The molecule has 1 nitrogen and oxygen atoms in total. The third-order valence-electron chi connectivity index (χ3n) is 3.89. The van der Waals surface area contributed by atoms with Crippen LogP contribution < -0.4 is 5.32 Å². The Bertz CT molecular complexity index is 527. The fraction of sp³-hybridized carbons (Fsp3) is 0.474. The molecule has 1 atom stereocenters. The smallest absolute Gasteiger partial charge is 0.0673 e. The van der Waals surface area contributed by atoms with Crippen LogP contribution in [0.15, 0.2) is 35.7 Å². The monoisotopic (exact) mass is 301 g/mol. The summed E-state index contributed by atoms with van der Waals surface area (Å²) < 4.78 is 0. The minimum Gasteiger partial charge on any atom is -0.306 e.